The average Bonchev–Trinajstić information content (AvgIpc) is 2.70. The van der Waals surface area contributed by atoms with Crippen LogP contribution in [0.15, 0.2) is 35.1 Å². The number of amides is 1. The molecule has 164 valence electrons. The third kappa shape index (κ3) is 4.35. The van der Waals surface area contributed by atoms with Gasteiger partial charge in [0.05, 0.1) is 0 Å². The van der Waals surface area contributed by atoms with Crippen molar-refractivity contribution in [2.24, 2.45) is 5.41 Å². The minimum Gasteiger partial charge on any atom is -0.350 e. The summed E-state index contributed by atoms with van der Waals surface area (Å²) in [7, 11) is 0. The first-order valence-corrected chi connectivity index (χ1v) is 11.0. The molecule has 6 heteroatoms. The average molecular weight is 422 g/mol. The van der Waals surface area contributed by atoms with Crippen molar-refractivity contribution in [3.8, 4) is 0 Å². The van der Waals surface area contributed by atoms with Gasteiger partial charge in [0, 0.05) is 42.9 Å². The molecule has 2 aromatic rings. The second kappa shape index (κ2) is 7.75. The van der Waals surface area contributed by atoms with Crippen molar-refractivity contribution in [1.82, 2.24) is 15.2 Å². The molecule has 2 N–H and O–H groups in total. The molecule has 6 nitrogen and oxygen atoms in total. The van der Waals surface area contributed by atoms with Gasteiger partial charge in [0.2, 0.25) is 0 Å². The first-order valence-electron chi connectivity index (χ1n) is 11.0. The van der Waals surface area contributed by atoms with Crippen LogP contribution in [0.25, 0.3) is 0 Å². The summed E-state index contributed by atoms with van der Waals surface area (Å²) in [6.07, 6.45) is 2.02. The zero-order chi connectivity index (χ0) is 22.4. The highest BCUT2D eigenvalue weighted by atomic mass is 16.2. The number of hydrogen-bond donors (Lipinski definition) is 2. The number of carbonyl (C=O) groups is 2. The number of nitrogens with zero attached hydrogens (tertiary/aromatic N) is 1. The molecule has 1 aromatic carbocycles. The van der Waals surface area contributed by atoms with Crippen molar-refractivity contribution in [1.29, 1.82) is 0 Å². The zero-order valence-electron chi connectivity index (χ0n) is 18.8. The van der Waals surface area contributed by atoms with Crippen molar-refractivity contribution in [3.63, 3.8) is 0 Å². The van der Waals surface area contributed by atoms with Crippen LogP contribution in [0.4, 0.5) is 0 Å². The lowest BCUT2D eigenvalue weighted by Gasteiger charge is -2.41. The van der Waals surface area contributed by atoms with Crippen LogP contribution in [0.5, 0.6) is 0 Å². The van der Waals surface area contributed by atoms with E-state index in [2.05, 4.69) is 53.3 Å². The van der Waals surface area contributed by atoms with E-state index in [0.717, 1.165) is 19.5 Å². The number of fused-ring (bicyclic) bond motifs is 2. The number of aromatic nitrogens is 1. The highest BCUT2D eigenvalue weighted by Gasteiger charge is 2.34. The number of pyridine rings is 1. The molecule has 0 radical (unpaired) electrons. The van der Waals surface area contributed by atoms with Gasteiger partial charge in [0.25, 0.3) is 11.5 Å². The fraction of sp³-hybridized carbons (Fsp3) is 0.480. The van der Waals surface area contributed by atoms with Gasteiger partial charge in [-0.05, 0) is 49.3 Å². The van der Waals surface area contributed by atoms with Gasteiger partial charge >= 0.3 is 0 Å². The second-order valence-corrected chi connectivity index (χ2v) is 10.3. The smallest absolute Gasteiger partial charge is 0.261 e. The van der Waals surface area contributed by atoms with E-state index >= 15 is 0 Å². The highest BCUT2D eigenvalue weighted by molar-refractivity contribution is 6.02. The molecule has 0 unspecified atom stereocenters. The molecule has 1 aromatic heterocycles. The van der Waals surface area contributed by atoms with Crippen LogP contribution < -0.4 is 10.9 Å². The van der Waals surface area contributed by atoms with Gasteiger partial charge in [0.15, 0.2) is 5.78 Å². The molecule has 31 heavy (non-hydrogen) atoms. The fourth-order valence-electron chi connectivity index (χ4n) is 4.71. The molecule has 2 heterocycles. The Morgan fingerprint density at radius 1 is 1.16 bits per heavy atom. The maximum Gasteiger partial charge on any atom is 0.261 e. The van der Waals surface area contributed by atoms with E-state index in [1.165, 1.54) is 17.2 Å². The monoisotopic (exact) mass is 421 g/mol. The Bertz CT molecular complexity index is 1100. The summed E-state index contributed by atoms with van der Waals surface area (Å²) in [6.45, 7) is 10.4. The number of H-pyrrole nitrogens is 1. The lowest BCUT2D eigenvalue weighted by molar-refractivity contribution is 0.0825. The Labute approximate surface area is 183 Å². The molecular weight excluding hydrogens is 390 g/mol. The van der Waals surface area contributed by atoms with E-state index in [4.69, 9.17) is 0 Å². The molecule has 0 saturated heterocycles. The summed E-state index contributed by atoms with van der Waals surface area (Å²) in [6, 6.07) is 9.93. The zero-order valence-corrected chi connectivity index (χ0v) is 18.8. The molecule has 0 fully saturated rings. The quantitative estimate of drug-likeness (QED) is 0.795. The summed E-state index contributed by atoms with van der Waals surface area (Å²) in [5.74, 6) is -0.462. The standard InChI is InChI=1S/C25H31N3O3/c1-24(2)12-20-18(21(29)13-24)11-19(23(31)27-20)22(30)26-15-25(3,4)28-10-9-16-7-5-6-8-17(16)14-28/h5-8,11H,9-10,12-15H2,1-4H3,(H,26,30)(H,27,31). The summed E-state index contributed by atoms with van der Waals surface area (Å²) >= 11 is 0. The molecule has 1 amide bonds. The largest absolute Gasteiger partial charge is 0.350 e. The van der Waals surface area contributed by atoms with E-state index in [1.807, 2.05) is 13.8 Å². The van der Waals surface area contributed by atoms with Crippen LogP contribution in [0, 0.1) is 5.41 Å². The molecule has 2 aliphatic rings. The van der Waals surface area contributed by atoms with Gasteiger partial charge in [-0.3, -0.25) is 19.3 Å². The first kappa shape index (κ1) is 21.5. The lowest BCUT2D eigenvalue weighted by Crippen LogP contribution is -2.53. The number of Topliss-reactive ketones (excluding diaryl/α,β-unsaturated/α-hetero) is 1. The van der Waals surface area contributed by atoms with Crippen molar-refractivity contribution >= 4 is 11.7 Å². The van der Waals surface area contributed by atoms with Gasteiger partial charge in [-0.1, -0.05) is 38.1 Å². The van der Waals surface area contributed by atoms with E-state index in [1.54, 1.807) is 0 Å². The lowest BCUT2D eigenvalue weighted by atomic mass is 9.75. The predicted octanol–water partition coefficient (Wildman–Crippen LogP) is 3.10. The molecule has 1 aliphatic carbocycles. The van der Waals surface area contributed by atoms with Crippen molar-refractivity contribution in [2.45, 2.75) is 59.0 Å². The second-order valence-electron chi connectivity index (χ2n) is 10.3. The van der Waals surface area contributed by atoms with Crippen LogP contribution >= 0.6 is 0 Å². The summed E-state index contributed by atoms with van der Waals surface area (Å²) < 4.78 is 0. The molecule has 4 rings (SSSR count). The molecule has 0 saturated carbocycles. The van der Waals surface area contributed by atoms with E-state index in [-0.39, 0.29) is 22.3 Å². The van der Waals surface area contributed by atoms with Gasteiger partial charge < -0.3 is 10.3 Å². The Balaban J connectivity index is 1.47. The SMILES string of the molecule is CC1(C)CC(=O)c2cc(C(=O)NCC(C)(C)N3CCc4ccccc4C3)c(=O)[nH]c2C1. The van der Waals surface area contributed by atoms with Gasteiger partial charge in [-0.15, -0.1) is 0 Å². The van der Waals surface area contributed by atoms with Crippen LogP contribution in [0.3, 0.4) is 0 Å². The molecule has 0 spiro atoms. The van der Waals surface area contributed by atoms with Crippen LogP contribution in [-0.2, 0) is 19.4 Å². The van der Waals surface area contributed by atoms with Gasteiger partial charge in [-0.2, -0.15) is 0 Å². The van der Waals surface area contributed by atoms with E-state index in [0.29, 0.717) is 30.6 Å². The van der Waals surface area contributed by atoms with Crippen molar-refractivity contribution in [2.75, 3.05) is 13.1 Å². The number of carbonyl (C=O) groups excluding carboxylic acids is 2. The summed E-state index contributed by atoms with van der Waals surface area (Å²) in [5, 5.41) is 2.93. The number of rotatable bonds is 4. The number of nitrogens with one attached hydrogen (secondary N) is 2. The van der Waals surface area contributed by atoms with Crippen molar-refractivity contribution < 1.29 is 9.59 Å². The third-order valence-corrected chi connectivity index (χ3v) is 6.63. The minimum absolute atomic E-state index is 0.00611. The van der Waals surface area contributed by atoms with Crippen LogP contribution in [0.2, 0.25) is 0 Å². The Hall–Kier alpha value is -2.73. The van der Waals surface area contributed by atoms with Crippen LogP contribution in [0.1, 0.15) is 71.7 Å². The number of ketones is 1. The Morgan fingerprint density at radius 2 is 1.87 bits per heavy atom. The molecule has 0 atom stereocenters. The third-order valence-electron chi connectivity index (χ3n) is 6.63. The predicted molar refractivity (Wildman–Crippen MR) is 120 cm³/mol. The number of benzene rings is 1. The Morgan fingerprint density at radius 3 is 2.61 bits per heavy atom. The highest BCUT2D eigenvalue weighted by Crippen LogP contribution is 2.33. The topological polar surface area (TPSA) is 82.3 Å². The van der Waals surface area contributed by atoms with Crippen LogP contribution in [-0.4, -0.2) is 40.2 Å². The maximum atomic E-state index is 12.9. The summed E-state index contributed by atoms with van der Waals surface area (Å²) in [5.41, 5.74) is 2.91. The molecule has 0 bridgehead atoms. The van der Waals surface area contributed by atoms with E-state index in [9.17, 15) is 14.4 Å². The normalized spacial score (nSPS) is 18.3. The van der Waals surface area contributed by atoms with Crippen molar-refractivity contribution in [3.05, 3.63) is 68.6 Å². The van der Waals surface area contributed by atoms with Gasteiger partial charge in [-0.25, -0.2) is 0 Å². The summed E-state index contributed by atoms with van der Waals surface area (Å²) in [4.78, 5) is 43.1. The maximum absolute atomic E-state index is 12.9. The fourth-order valence-corrected chi connectivity index (χ4v) is 4.71. The number of aromatic amines is 1. The van der Waals surface area contributed by atoms with Gasteiger partial charge in [0.1, 0.15) is 5.56 Å². The number of hydrogen-bond acceptors (Lipinski definition) is 4. The Kier molecular flexibility index (Phi) is 5.38. The molecular formula is C25H31N3O3. The molecule has 1 aliphatic heterocycles. The van der Waals surface area contributed by atoms with E-state index < -0.39 is 11.5 Å². The minimum atomic E-state index is -0.438. The first-order chi connectivity index (χ1) is 14.6.